The predicted molar refractivity (Wildman–Crippen MR) is 75.0 cm³/mol. The molecule has 0 spiro atoms. The molecule has 1 aromatic carbocycles. The number of anilines is 1. The van der Waals surface area contributed by atoms with Crippen molar-refractivity contribution in [3.63, 3.8) is 0 Å². The smallest absolute Gasteiger partial charge is 0.313 e. The van der Waals surface area contributed by atoms with E-state index in [1.807, 2.05) is 17.8 Å². The first-order chi connectivity index (χ1) is 10.0. The molecule has 2 rings (SSSR count). The van der Waals surface area contributed by atoms with E-state index in [-0.39, 0.29) is 11.4 Å². The van der Waals surface area contributed by atoms with Gasteiger partial charge in [-0.3, -0.25) is 10.1 Å². The Hall–Kier alpha value is -2.64. The molecule has 0 aliphatic carbocycles. The number of methoxy groups -OCH3 is 1. The second-order valence-electron chi connectivity index (χ2n) is 4.39. The Kier molecular flexibility index (Phi) is 4.36. The van der Waals surface area contributed by atoms with Gasteiger partial charge in [0.15, 0.2) is 11.6 Å². The fraction of sp³-hybridized carbons (Fsp3) is 0.308. The summed E-state index contributed by atoms with van der Waals surface area (Å²) < 4.78 is 20.6. The van der Waals surface area contributed by atoms with Crippen LogP contribution in [0.5, 0.6) is 5.75 Å². The lowest BCUT2D eigenvalue weighted by atomic mass is 10.2. The van der Waals surface area contributed by atoms with Crippen molar-refractivity contribution in [1.82, 2.24) is 9.55 Å². The highest BCUT2D eigenvalue weighted by Gasteiger charge is 2.19. The van der Waals surface area contributed by atoms with Crippen molar-refractivity contribution in [1.29, 1.82) is 0 Å². The molecule has 112 valence electrons. The number of halogens is 1. The van der Waals surface area contributed by atoms with Gasteiger partial charge in [0.05, 0.1) is 23.8 Å². The number of aromatic nitrogens is 2. The number of nitro groups is 1. The number of nitro benzene ring substituents is 1. The topological polar surface area (TPSA) is 82.2 Å². The largest absolute Gasteiger partial charge is 0.490 e. The van der Waals surface area contributed by atoms with Crippen molar-refractivity contribution >= 4 is 11.4 Å². The second kappa shape index (κ2) is 6.21. The van der Waals surface area contributed by atoms with Crippen LogP contribution in [-0.2, 0) is 13.5 Å². The van der Waals surface area contributed by atoms with E-state index in [1.165, 1.54) is 13.2 Å². The molecule has 0 bridgehead atoms. The van der Waals surface area contributed by atoms with Crippen LogP contribution in [0.4, 0.5) is 15.8 Å². The van der Waals surface area contributed by atoms with Gasteiger partial charge in [0.25, 0.3) is 0 Å². The van der Waals surface area contributed by atoms with Crippen LogP contribution >= 0.6 is 0 Å². The predicted octanol–water partition coefficient (Wildman–Crippen LogP) is 2.13. The highest BCUT2D eigenvalue weighted by atomic mass is 19.1. The summed E-state index contributed by atoms with van der Waals surface area (Å²) in [6.45, 7) is 0.447. The standard InChI is InChI=1S/C13H15FN4O3/c1-17-6-5-16-13(17)3-4-15-10-8-12(21-2)11(18(19)20)7-9(10)14/h5-8,15H,3-4H2,1-2H3. The van der Waals surface area contributed by atoms with E-state index in [0.717, 1.165) is 11.9 Å². The summed E-state index contributed by atoms with van der Waals surface area (Å²) in [5, 5.41) is 13.7. The molecule has 0 radical (unpaired) electrons. The molecule has 0 aliphatic rings. The highest BCUT2D eigenvalue weighted by molar-refractivity contribution is 5.59. The van der Waals surface area contributed by atoms with Crippen LogP contribution in [0, 0.1) is 15.9 Å². The Morgan fingerprint density at radius 2 is 2.29 bits per heavy atom. The summed E-state index contributed by atoms with van der Waals surface area (Å²) in [5.41, 5.74) is -0.240. The SMILES string of the molecule is COc1cc(NCCc2nccn2C)c(F)cc1[N+](=O)[O-]. The van der Waals surface area contributed by atoms with E-state index in [0.29, 0.717) is 13.0 Å². The Bertz CT molecular complexity index is 657. The molecule has 1 aromatic heterocycles. The van der Waals surface area contributed by atoms with Crippen LogP contribution in [0.3, 0.4) is 0 Å². The van der Waals surface area contributed by atoms with Crippen molar-refractivity contribution in [2.75, 3.05) is 19.0 Å². The molecule has 8 heteroatoms. The number of aryl methyl sites for hydroxylation is 1. The molecule has 0 atom stereocenters. The average molecular weight is 294 g/mol. The van der Waals surface area contributed by atoms with Crippen LogP contribution in [0.25, 0.3) is 0 Å². The lowest BCUT2D eigenvalue weighted by molar-refractivity contribution is -0.385. The third-order valence-corrected chi connectivity index (χ3v) is 3.05. The summed E-state index contributed by atoms with van der Waals surface area (Å²) in [6, 6.07) is 2.13. The average Bonchev–Trinajstić information content (AvgIpc) is 2.85. The molecular weight excluding hydrogens is 279 g/mol. The summed E-state index contributed by atoms with van der Waals surface area (Å²) in [4.78, 5) is 14.3. The third kappa shape index (κ3) is 3.28. The van der Waals surface area contributed by atoms with Gasteiger partial charge in [-0.1, -0.05) is 0 Å². The Morgan fingerprint density at radius 3 is 2.86 bits per heavy atom. The number of nitrogens with zero attached hydrogens (tertiary/aromatic N) is 3. The maximum absolute atomic E-state index is 13.8. The first-order valence-corrected chi connectivity index (χ1v) is 6.25. The number of imidazole rings is 1. The van der Waals surface area contributed by atoms with Gasteiger partial charge < -0.3 is 14.6 Å². The minimum Gasteiger partial charge on any atom is -0.490 e. The first kappa shape index (κ1) is 14.8. The fourth-order valence-corrected chi connectivity index (χ4v) is 1.93. The van der Waals surface area contributed by atoms with Crippen molar-refractivity contribution in [3.8, 4) is 5.75 Å². The van der Waals surface area contributed by atoms with Gasteiger partial charge in [-0.05, 0) is 0 Å². The molecule has 21 heavy (non-hydrogen) atoms. The molecule has 1 heterocycles. The van der Waals surface area contributed by atoms with Gasteiger partial charge in [0, 0.05) is 38.5 Å². The Labute approximate surface area is 120 Å². The van der Waals surface area contributed by atoms with Gasteiger partial charge in [-0.15, -0.1) is 0 Å². The number of rotatable bonds is 6. The maximum Gasteiger partial charge on any atom is 0.313 e. The van der Waals surface area contributed by atoms with Gasteiger partial charge in [0.1, 0.15) is 5.82 Å². The zero-order valence-electron chi connectivity index (χ0n) is 11.7. The first-order valence-electron chi connectivity index (χ1n) is 6.25. The normalized spacial score (nSPS) is 10.4. The monoisotopic (exact) mass is 294 g/mol. The highest BCUT2D eigenvalue weighted by Crippen LogP contribution is 2.32. The molecule has 2 aromatic rings. The van der Waals surface area contributed by atoms with Crippen LogP contribution in [0.1, 0.15) is 5.82 Å². The van der Waals surface area contributed by atoms with Crippen LogP contribution in [0.2, 0.25) is 0 Å². The lowest BCUT2D eigenvalue weighted by Gasteiger charge is -2.10. The summed E-state index contributed by atoms with van der Waals surface area (Å²) in [7, 11) is 3.18. The Balaban J connectivity index is 2.10. The molecule has 0 unspecified atom stereocenters. The third-order valence-electron chi connectivity index (χ3n) is 3.05. The number of hydrogen-bond acceptors (Lipinski definition) is 5. The Morgan fingerprint density at radius 1 is 1.52 bits per heavy atom. The quantitative estimate of drug-likeness (QED) is 0.652. The van der Waals surface area contributed by atoms with E-state index in [9.17, 15) is 14.5 Å². The van der Waals surface area contributed by atoms with E-state index < -0.39 is 16.4 Å². The van der Waals surface area contributed by atoms with Gasteiger partial charge in [-0.2, -0.15) is 0 Å². The van der Waals surface area contributed by atoms with Crippen LogP contribution in [0.15, 0.2) is 24.5 Å². The molecular formula is C13H15FN4O3. The van der Waals surface area contributed by atoms with E-state index in [1.54, 1.807) is 6.20 Å². The number of benzene rings is 1. The molecule has 0 saturated heterocycles. The van der Waals surface area contributed by atoms with E-state index in [2.05, 4.69) is 10.3 Å². The lowest BCUT2D eigenvalue weighted by Crippen LogP contribution is -2.10. The van der Waals surface area contributed by atoms with E-state index in [4.69, 9.17) is 4.74 Å². The molecule has 1 N–H and O–H groups in total. The van der Waals surface area contributed by atoms with Crippen LogP contribution in [-0.4, -0.2) is 28.1 Å². The summed E-state index contributed by atoms with van der Waals surface area (Å²) in [6.07, 6.45) is 4.11. The summed E-state index contributed by atoms with van der Waals surface area (Å²) in [5.74, 6) is 0.181. The van der Waals surface area contributed by atoms with Crippen molar-refractivity contribution < 1.29 is 14.1 Å². The maximum atomic E-state index is 13.8. The minimum absolute atomic E-state index is 0.0147. The zero-order chi connectivity index (χ0) is 15.4. The van der Waals surface area contributed by atoms with Gasteiger partial charge in [-0.25, -0.2) is 9.37 Å². The fourth-order valence-electron chi connectivity index (χ4n) is 1.93. The van der Waals surface area contributed by atoms with Gasteiger partial charge >= 0.3 is 5.69 Å². The molecule has 7 nitrogen and oxygen atoms in total. The van der Waals surface area contributed by atoms with Crippen molar-refractivity contribution in [2.24, 2.45) is 7.05 Å². The number of nitrogens with one attached hydrogen (secondary N) is 1. The molecule has 0 amide bonds. The van der Waals surface area contributed by atoms with Crippen molar-refractivity contribution in [2.45, 2.75) is 6.42 Å². The molecule has 0 fully saturated rings. The van der Waals surface area contributed by atoms with E-state index >= 15 is 0 Å². The van der Waals surface area contributed by atoms with Crippen molar-refractivity contribution in [3.05, 3.63) is 46.3 Å². The minimum atomic E-state index is -0.692. The van der Waals surface area contributed by atoms with Gasteiger partial charge in [0.2, 0.25) is 0 Å². The van der Waals surface area contributed by atoms with Crippen LogP contribution < -0.4 is 10.1 Å². The zero-order valence-corrected chi connectivity index (χ0v) is 11.7. The molecule has 0 saturated carbocycles. The second-order valence-corrected chi connectivity index (χ2v) is 4.39. The summed E-state index contributed by atoms with van der Waals surface area (Å²) >= 11 is 0. The molecule has 0 aliphatic heterocycles. The number of hydrogen-bond donors (Lipinski definition) is 1. The number of ether oxygens (including phenoxy) is 1.